The van der Waals surface area contributed by atoms with Crippen molar-refractivity contribution in [3.05, 3.63) is 17.0 Å². The highest BCUT2D eigenvalue weighted by Crippen LogP contribution is 2.23. The fraction of sp³-hybridized carbons (Fsp3) is 0.786. The molecule has 1 aliphatic rings. The average Bonchev–Trinajstić information content (AvgIpc) is 2.94. The first-order chi connectivity index (χ1) is 8.71. The molecule has 0 saturated carbocycles. The Morgan fingerprint density at radius 2 is 2.11 bits per heavy atom. The van der Waals surface area contributed by atoms with Gasteiger partial charge in [-0.15, -0.1) is 0 Å². The van der Waals surface area contributed by atoms with Gasteiger partial charge in [-0.3, -0.25) is 9.58 Å². The summed E-state index contributed by atoms with van der Waals surface area (Å²) in [5.41, 5.74) is 3.95. The Bertz CT molecular complexity index is 400. The van der Waals surface area contributed by atoms with Crippen molar-refractivity contribution < 1.29 is 5.11 Å². The summed E-state index contributed by atoms with van der Waals surface area (Å²) in [6.07, 6.45) is 4.34. The highest BCUT2D eigenvalue weighted by atomic mass is 16.3. The van der Waals surface area contributed by atoms with Crippen molar-refractivity contribution in [1.29, 1.82) is 0 Å². The zero-order valence-corrected chi connectivity index (χ0v) is 11.8. The molecule has 2 rings (SSSR count). The molecule has 1 atom stereocenters. The maximum absolute atomic E-state index is 9.41. The number of hydrogen-bond donors (Lipinski definition) is 1. The molecule has 0 bridgehead atoms. The van der Waals surface area contributed by atoms with Crippen LogP contribution in [0.1, 0.15) is 43.6 Å². The summed E-state index contributed by atoms with van der Waals surface area (Å²) >= 11 is 0. The fourth-order valence-corrected chi connectivity index (χ4v) is 3.09. The van der Waals surface area contributed by atoms with Crippen molar-refractivity contribution in [1.82, 2.24) is 14.7 Å². The van der Waals surface area contributed by atoms with Gasteiger partial charge in [0, 0.05) is 30.9 Å². The monoisotopic (exact) mass is 251 g/mol. The lowest BCUT2D eigenvalue weighted by Crippen LogP contribution is -2.32. The van der Waals surface area contributed by atoms with E-state index in [9.17, 15) is 5.11 Å². The van der Waals surface area contributed by atoms with Crippen LogP contribution < -0.4 is 0 Å². The SMILES string of the molecule is CCc1nn(C)c(CC)c1CN1CCC[C@@H]1CO. The molecule has 1 aromatic heterocycles. The van der Waals surface area contributed by atoms with E-state index in [0.29, 0.717) is 6.04 Å². The summed E-state index contributed by atoms with van der Waals surface area (Å²) in [4.78, 5) is 2.41. The Morgan fingerprint density at radius 1 is 1.33 bits per heavy atom. The first kappa shape index (κ1) is 13.6. The van der Waals surface area contributed by atoms with E-state index in [1.807, 2.05) is 11.7 Å². The minimum absolute atomic E-state index is 0.281. The lowest BCUT2D eigenvalue weighted by molar-refractivity contribution is 0.153. The van der Waals surface area contributed by atoms with E-state index < -0.39 is 0 Å². The zero-order valence-electron chi connectivity index (χ0n) is 11.8. The number of likely N-dealkylation sites (tertiary alicyclic amines) is 1. The van der Waals surface area contributed by atoms with Crippen LogP contribution in [0.5, 0.6) is 0 Å². The molecule has 102 valence electrons. The van der Waals surface area contributed by atoms with Crippen LogP contribution in [0.15, 0.2) is 0 Å². The largest absolute Gasteiger partial charge is 0.395 e. The summed E-state index contributed by atoms with van der Waals surface area (Å²) in [5.74, 6) is 0. The third-order valence-electron chi connectivity index (χ3n) is 4.10. The second-order valence-electron chi connectivity index (χ2n) is 5.15. The van der Waals surface area contributed by atoms with Crippen molar-refractivity contribution in [2.24, 2.45) is 7.05 Å². The molecule has 1 aliphatic heterocycles. The highest BCUT2D eigenvalue weighted by molar-refractivity contribution is 5.26. The van der Waals surface area contributed by atoms with Gasteiger partial charge in [-0.2, -0.15) is 5.10 Å². The van der Waals surface area contributed by atoms with Crippen LogP contribution >= 0.6 is 0 Å². The van der Waals surface area contributed by atoms with E-state index in [2.05, 4.69) is 23.8 Å². The molecule has 2 heterocycles. The van der Waals surface area contributed by atoms with Crippen molar-refractivity contribution in [2.75, 3.05) is 13.2 Å². The Morgan fingerprint density at radius 3 is 2.72 bits per heavy atom. The molecular formula is C14H25N3O. The van der Waals surface area contributed by atoms with Gasteiger partial charge in [-0.25, -0.2) is 0 Å². The number of aliphatic hydroxyl groups is 1. The summed E-state index contributed by atoms with van der Waals surface area (Å²) in [7, 11) is 2.04. The average molecular weight is 251 g/mol. The van der Waals surface area contributed by atoms with E-state index in [4.69, 9.17) is 0 Å². The second kappa shape index (κ2) is 5.85. The van der Waals surface area contributed by atoms with Gasteiger partial charge < -0.3 is 5.11 Å². The highest BCUT2D eigenvalue weighted by Gasteiger charge is 2.26. The predicted octanol–water partition coefficient (Wildman–Crippen LogP) is 1.50. The molecule has 1 N–H and O–H groups in total. The van der Waals surface area contributed by atoms with Gasteiger partial charge in [0.2, 0.25) is 0 Å². The van der Waals surface area contributed by atoms with Gasteiger partial charge >= 0.3 is 0 Å². The molecule has 1 saturated heterocycles. The lowest BCUT2D eigenvalue weighted by Gasteiger charge is -2.23. The first-order valence-corrected chi connectivity index (χ1v) is 7.09. The quantitative estimate of drug-likeness (QED) is 0.862. The van der Waals surface area contributed by atoms with Crippen molar-refractivity contribution in [3.8, 4) is 0 Å². The topological polar surface area (TPSA) is 41.3 Å². The van der Waals surface area contributed by atoms with Crippen molar-refractivity contribution >= 4 is 0 Å². The smallest absolute Gasteiger partial charge is 0.0669 e. The fourth-order valence-electron chi connectivity index (χ4n) is 3.09. The van der Waals surface area contributed by atoms with E-state index >= 15 is 0 Å². The number of aryl methyl sites for hydroxylation is 2. The number of hydrogen-bond acceptors (Lipinski definition) is 3. The van der Waals surface area contributed by atoms with Gasteiger partial charge in [-0.1, -0.05) is 13.8 Å². The predicted molar refractivity (Wildman–Crippen MR) is 72.5 cm³/mol. The summed E-state index contributed by atoms with van der Waals surface area (Å²) in [6, 6.07) is 0.347. The van der Waals surface area contributed by atoms with E-state index in [1.54, 1.807) is 0 Å². The normalized spacial score (nSPS) is 20.8. The van der Waals surface area contributed by atoms with Crippen molar-refractivity contribution in [3.63, 3.8) is 0 Å². The minimum Gasteiger partial charge on any atom is -0.395 e. The number of rotatable bonds is 5. The molecule has 0 aliphatic carbocycles. The van der Waals surface area contributed by atoms with Gasteiger partial charge in [0.25, 0.3) is 0 Å². The van der Waals surface area contributed by atoms with Crippen LogP contribution in [0.25, 0.3) is 0 Å². The molecule has 1 aromatic rings. The maximum Gasteiger partial charge on any atom is 0.0669 e. The van der Waals surface area contributed by atoms with Crippen LogP contribution in [-0.4, -0.2) is 39.0 Å². The number of aliphatic hydroxyl groups excluding tert-OH is 1. The van der Waals surface area contributed by atoms with Gasteiger partial charge in [0.15, 0.2) is 0 Å². The molecule has 0 amide bonds. The van der Waals surface area contributed by atoms with Crippen LogP contribution in [0.2, 0.25) is 0 Å². The Balaban J connectivity index is 2.21. The summed E-state index contributed by atoms with van der Waals surface area (Å²) in [5, 5.41) is 14.0. The van der Waals surface area contributed by atoms with E-state index in [0.717, 1.165) is 32.4 Å². The molecule has 4 heteroatoms. The van der Waals surface area contributed by atoms with Gasteiger partial charge in [0.1, 0.15) is 0 Å². The molecule has 0 unspecified atom stereocenters. The standard InChI is InChI=1S/C14H25N3O/c1-4-13-12(14(5-2)16(3)15-13)9-17-8-6-7-11(17)10-18/h11,18H,4-10H2,1-3H3/t11-/m1/s1. The molecule has 18 heavy (non-hydrogen) atoms. The molecule has 0 spiro atoms. The van der Waals surface area contributed by atoms with Gasteiger partial charge in [-0.05, 0) is 32.2 Å². The van der Waals surface area contributed by atoms with E-state index in [-0.39, 0.29) is 6.61 Å². The second-order valence-corrected chi connectivity index (χ2v) is 5.15. The summed E-state index contributed by atoms with van der Waals surface area (Å²) < 4.78 is 2.03. The third-order valence-corrected chi connectivity index (χ3v) is 4.10. The minimum atomic E-state index is 0.281. The number of aromatic nitrogens is 2. The zero-order chi connectivity index (χ0) is 13.1. The maximum atomic E-state index is 9.41. The van der Waals surface area contributed by atoms with Crippen LogP contribution in [-0.2, 0) is 26.4 Å². The van der Waals surface area contributed by atoms with Crippen LogP contribution in [0, 0.1) is 0 Å². The van der Waals surface area contributed by atoms with Crippen molar-refractivity contribution in [2.45, 2.75) is 52.1 Å². The Labute approximate surface area is 110 Å². The van der Waals surface area contributed by atoms with Gasteiger partial charge in [0.05, 0.1) is 12.3 Å². The molecule has 1 fully saturated rings. The Hall–Kier alpha value is -0.870. The summed E-state index contributed by atoms with van der Waals surface area (Å²) in [6.45, 7) is 6.69. The molecular weight excluding hydrogens is 226 g/mol. The molecule has 0 radical (unpaired) electrons. The third kappa shape index (κ3) is 2.45. The first-order valence-electron chi connectivity index (χ1n) is 7.09. The van der Waals surface area contributed by atoms with E-state index in [1.165, 1.54) is 23.4 Å². The van der Waals surface area contributed by atoms with Crippen LogP contribution in [0.4, 0.5) is 0 Å². The van der Waals surface area contributed by atoms with Crippen LogP contribution in [0.3, 0.4) is 0 Å². The lowest BCUT2D eigenvalue weighted by atomic mass is 10.1. The molecule has 4 nitrogen and oxygen atoms in total. The molecule has 0 aromatic carbocycles. The number of nitrogens with zero attached hydrogens (tertiary/aromatic N) is 3. The Kier molecular flexibility index (Phi) is 4.40.